The average Bonchev–Trinajstić information content (AvgIpc) is 2.25. The summed E-state index contributed by atoms with van der Waals surface area (Å²) in [7, 11) is 0. The predicted molar refractivity (Wildman–Crippen MR) is 64.2 cm³/mol. The number of anilines is 1. The molecule has 4 N–H and O–H groups in total. The highest BCUT2D eigenvalue weighted by atomic mass is 16.3. The normalized spacial score (nSPS) is 12.2. The number of aryl methyl sites for hydroxylation is 1. The fourth-order valence-corrected chi connectivity index (χ4v) is 1.42. The number of hydrogen-bond acceptors (Lipinski definition) is 3. The SMILES string of the molecule is Cc1cccc(N)c1C(=O)NCC(C)CO. The number of hydrogen-bond donors (Lipinski definition) is 3. The minimum Gasteiger partial charge on any atom is -0.398 e. The number of rotatable bonds is 4. The maximum absolute atomic E-state index is 11.8. The molecule has 0 radical (unpaired) electrons. The Labute approximate surface area is 95.5 Å². The zero-order valence-corrected chi connectivity index (χ0v) is 9.66. The molecule has 0 heterocycles. The van der Waals surface area contributed by atoms with E-state index >= 15 is 0 Å². The van der Waals surface area contributed by atoms with Crippen molar-refractivity contribution < 1.29 is 9.90 Å². The third kappa shape index (κ3) is 2.97. The molecule has 0 aliphatic heterocycles. The maximum atomic E-state index is 11.8. The van der Waals surface area contributed by atoms with Gasteiger partial charge >= 0.3 is 0 Å². The van der Waals surface area contributed by atoms with Crippen molar-refractivity contribution in [2.24, 2.45) is 5.92 Å². The van der Waals surface area contributed by atoms with Gasteiger partial charge in [-0.05, 0) is 24.5 Å². The maximum Gasteiger partial charge on any atom is 0.253 e. The third-order valence-electron chi connectivity index (χ3n) is 2.45. The van der Waals surface area contributed by atoms with Gasteiger partial charge in [-0.2, -0.15) is 0 Å². The molecule has 0 aliphatic carbocycles. The van der Waals surface area contributed by atoms with Crippen LogP contribution in [0.2, 0.25) is 0 Å². The fourth-order valence-electron chi connectivity index (χ4n) is 1.42. The average molecular weight is 222 g/mol. The van der Waals surface area contributed by atoms with Crippen molar-refractivity contribution in [3.8, 4) is 0 Å². The van der Waals surface area contributed by atoms with Crippen LogP contribution < -0.4 is 11.1 Å². The van der Waals surface area contributed by atoms with E-state index in [0.29, 0.717) is 17.8 Å². The summed E-state index contributed by atoms with van der Waals surface area (Å²) >= 11 is 0. The molecule has 0 spiro atoms. The van der Waals surface area contributed by atoms with Crippen LogP contribution in [-0.2, 0) is 0 Å². The molecule has 1 aromatic rings. The first-order chi connectivity index (χ1) is 7.56. The second-order valence-corrected chi connectivity index (χ2v) is 4.04. The summed E-state index contributed by atoms with van der Waals surface area (Å²) in [5.74, 6) is -0.134. The van der Waals surface area contributed by atoms with Crippen LogP contribution >= 0.6 is 0 Å². The Kier molecular flexibility index (Phi) is 4.31. The van der Waals surface area contributed by atoms with Crippen LogP contribution in [0.4, 0.5) is 5.69 Å². The van der Waals surface area contributed by atoms with E-state index in [2.05, 4.69) is 5.32 Å². The topological polar surface area (TPSA) is 75.4 Å². The highest BCUT2D eigenvalue weighted by molar-refractivity contribution is 6.00. The lowest BCUT2D eigenvalue weighted by molar-refractivity contribution is 0.0942. The van der Waals surface area contributed by atoms with Gasteiger partial charge in [-0.25, -0.2) is 0 Å². The van der Waals surface area contributed by atoms with Crippen molar-refractivity contribution in [1.29, 1.82) is 0 Å². The number of carbonyl (C=O) groups is 1. The first kappa shape index (κ1) is 12.5. The van der Waals surface area contributed by atoms with Crippen LogP contribution in [0.5, 0.6) is 0 Å². The van der Waals surface area contributed by atoms with Gasteiger partial charge in [0, 0.05) is 18.8 Å². The van der Waals surface area contributed by atoms with Crippen LogP contribution in [0.3, 0.4) is 0 Å². The molecule has 16 heavy (non-hydrogen) atoms. The van der Waals surface area contributed by atoms with E-state index in [4.69, 9.17) is 10.8 Å². The molecule has 0 fully saturated rings. The Morgan fingerprint density at radius 2 is 2.25 bits per heavy atom. The van der Waals surface area contributed by atoms with Crippen molar-refractivity contribution in [1.82, 2.24) is 5.32 Å². The van der Waals surface area contributed by atoms with Crippen molar-refractivity contribution in [3.63, 3.8) is 0 Å². The molecular weight excluding hydrogens is 204 g/mol. The molecule has 1 unspecified atom stereocenters. The van der Waals surface area contributed by atoms with E-state index < -0.39 is 0 Å². The molecule has 4 nitrogen and oxygen atoms in total. The molecule has 0 bridgehead atoms. The molecule has 0 saturated heterocycles. The van der Waals surface area contributed by atoms with Gasteiger partial charge in [-0.15, -0.1) is 0 Å². The van der Waals surface area contributed by atoms with Gasteiger partial charge in [-0.3, -0.25) is 4.79 Å². The summed E-state index contributed by atoms with van der Waals surface area (Å²) in [5.41, 5.74) is 7.61. The quantitative estimate of drug-likeness (QED) is 0.663. The molecule has 0 saturated carbocycles. The molecule has 1 aromatic carbocycles. The minimum atomic E-state index is -0.184. The molecule has 1 amide bonds. The summed E-state index contributed by atoms with van der Waals surface area (Å²) in [6.07, 6.45) is 0. The van der Waals surface area contributed by atoms with Crippen molar-refractivity contribution in [2.45, 2.75) is 13.8 Å². The Balaban J connectivity index is 2.73. The first-order valence-corrected chi connectivity index (χ1v) is 5.30. The number of nitrogen functional groups attached to an aromatic ring is 1. The summed E-state index contributed by atoms with van der Waals surface area (Å²) in [4.78, 5) is 11.8. The lowest BCUT2D eigenvalue weighted by Gasteiger charge is -2.12. The van der Waals surface area contributed by atoms with Crippen LogP contribution in [0, 0.1) is 12.8 Å². The molecule has 0 aromatic heterocycles. The summed E-state index contributed by atoms with van der Waals surface area (Å²) in [6.45, 7) is 4.22. The van der Waals surface area contributed by atoms with Crippen molar-refractivity contribution >= 4 is 11.6 Å². The number of benzene rings is 1. The summed E-state index contributed by atoms with van der Waals surface area (Å²) in [6, 6.07) is 5.37. The molecular formula is C12H18N2O2. The molecule has 1 rings (SSSR count). The van der Waals surface area contributed by atoms with E-state index in [0.717, 1.165) is 5.56 Å². The van der Waals surface area contributed by atoms with Crippen molar-refractivity contribution in [2.75, 3.05) is 18.9 Å². The summed E-state index contributed by atoms with van der Waals surface area (Å²) < 4.78 is 0. The Hall–Kier alpha value is -1.55. The standard InChI is InChI=1S/C12H18N2O2/c1-8(7-15)6-14-12(16)11-9(2)4-3-5-10(11)13/h3-5,8,15H,6-7,13H2,1-2H3,(H,14,16). The number of nitrogens with one attached hydrogen (secondary N) is 1. The lowest BCUT2D eigenvalue weighted by atomic mass is 10.1. The highest BCUT2D eigenvalue weighted by Crippen LogP contribution is 2.15. The number of nitrogens with two attached hydrogens (primary N) is 1. The lowest BCUT2D eigenvalue weighted by Crippen LogP contribution is -2.30. The Bertz CT molecular complexity index is 357. The monoisotopic (exact) mass is 222 g/mol. The first-order valence-electron chi connectivity index (χ1n) is 5.30. The third-order valence-corrected chi connectivity index (χ3v) is 2.45. The van der Waals surface area contributed by atoms with E-state index in [1.807, 2.05) is 26.0 Å². The van der Waals surface area contributed by atoms with E-state index in [9.17, 15) is 4.79 Å². The minimum absolute atomic E-state index is 0.0502. The Morgan fingerprint density at radius 1 is 1.56 bits per heavy atom. The predicted octanol–water partition coefficient (Wildman–Crippen LogP) is 0.935. The zero-order chi connectivity index (χ0) is 12.1. The van der Waals surface area contributed by atoms with E-state index in [-0.39, 0.29) is 18.4 Å². The number of aliphatic hydroxyl groups excluding tert-OH is 1. The number of carbonyl (C=O) groups excluding carboxylic acids is 1. The Morgan fingerprint density at radius 3 is 2.81 bits per heavy atom. The molecule has 88 valence electrons. The van der Waals surface area contributed by atoms with Gasteiger partial charge in [-0.1, -0.05) is 19.1 Å². The number of aliphatic hydroxyl groups is 1. The van der Waals surface area contributed by atoms with Gasteiger partial charge < -0.3 is 16.2 Å². The van der Waals surface area contributed by atoms with Gasteiger partial charge in [0.25, 0.3) is 5.91 Å². The van der Waals surface area contributed by atoms with Gasteiger partial charge in [0.05, 0.1) is 5.56 Å². The molecule has 0 aliphatic rings. The summed E-state index contributed by atoms with van der Waals surface area (Å²) in [5, 5.41) is 11.6. The largest absolute Gasteiger partial charge is 0.398 e. The molecule has 4 heteroatoms. The second-order valence-electron chi connectivity index (χ2n) is 4.04. The molecule has 1 atom stereocenters. The second kappa shape index (κ2) is 5.51. The zero-order valence-electron chi connectivity index (χ0n) is 9.66. The highest BCUT2D eigenvalue weighted by Gasteiger charge is 2.12. The van der Waals surface area contributed by atoms with Crippen LogP contribution in [0.1, 0.15) is 22.8 Å². The van der Waals surface area contributed by atoms with E-state index in [1.54, 1.807) is 6.07 Å². The van der Waals surface area contributed by atoms with Gasteiger partial charge in [0.15, 0.2) is 0 Å². The number of amides is 1. The van der Waals surface area contributed by atoms with Crippen LogP contribution in [-0.4, -0.2) is 24.2 Å². The smallest absolute Gasteiger partial charge is 0.253 e. The fraction of sp³-hybridized carbons (Fsp3) is 0.417. The van der Waals surface area contributed by atoms with Crippen LogP contribution in [0.15, 0.2) is 18.2 Å². The van der Waals surface area contributed by atoms with Gasteiger partial charge in [0.2, 0.25) is 0 Å². The van der Waals surface area contributed by atoms with Gasteiger partial charge in [0.1, 0.15) is 0 Å². The van der Waals surface area contributed by atoms with E-state index in [1.165, 1.54) is 0 Å². The van der Waals surface area contributed by atoms with Crippen molar-refractivity contribution in [3.05, 3.63) is 29.3 Å². The van der Waals surface area contributed by atoms with Crippen LogP contribution in [0.25, 0.3) is 0 Å².